The Hall–Kier alpha value is -6.32. The molecule has 0 saturated carbocycles. The summed E-state index contributed by atoms with van der Waals surface area (Å²) in [4.78, 5) is 10.4. The Bertz CT molecular complexity index is 2910. The third-order valence-corrected chi connectivity index (χ3v) is 13.2. The van der Waals surface area contributed by atoms with Crippen LogP contribution in [0, 0.1) is 12.8 Å². The molecule has 55 heavy (non-hydrogen) atoms. The second-order valence-corrected chi connectivity index (χ2v) is 16.0. The molecule has 5 aromatic carbocycles. The van der Waals surface area contributed by atoms with Crippen LogP contribution in [0.5, 0.6) is 0 Å². The topological polar surface area (TPSA) is 30.2 Å². The van der Waals surface area contributed by atoms with E-state index in [0.717, 1.165) is 53.0 Å². The maximum absolute atomic E-state index is 5.28. The van der Waals surface area contributed by atoms with Gasteiger partial charge < -0.3 is 0 Å². The molecular formula is C52H39N3. The van der Waals surface area contributed by atoms with E-state index in [1.54, 1.807) is 0 Å². The Kier molecular flexibility index (Phi) is 6.55. The van der Waals surface area contributed by atoms with Gasteiger partial charge in [0.15, 0.2) is 0 Å². The van der Waals surface area contributed by atoms with Crippen molar-refractivity contribution in [2.24, 2.45) is 5.92 Å². The molecule has 1 spiro atoms. The summed E-state index contributed by atoms with van der Waals surface area (Å²) >= 11 is 0. The smallest absolute Gasteiger partial charge is 0.146 e. The number of rotatable bonds is 3. The van der Waals surface area contributed by atoms with Gasteiger partial charge >= 0.3 is 0 Å². The van der Waals surface area contributed by atoms with Crippen molar-refractivity contribution in [3.8, 4) is 22.5 Å². The Morgan fingerprint density at radius 1 is 0.745 bits per heavy atom. The molecule has 3 heteroatoms. The SMILES string of the molecule is Cc1ccc(C2C=C3C(=CC2)c2ccc(-c4ccc(-c5nc6c(c7nc8ccccc8n57)CCC=C6)cc4)cc2C32c3ccccc3C3C=CC=CC32)cc1. The largest absolute Gasteiger partial charge is 0.276 e. The molecule has 5 aliphatic rings. The summed E-state index contributed by atoms with van der Waals surface area (Å²) in [5.74, 6) is 1.92. The fourth-order valence-electron chi connectivity index (χ4n) is 10.7. The van der Waals surface area contributed by atoms with Crippen LogP contribution in [0.15, 0.2) is 163 Å². The molecule has 4 unspecified atom stereocenters. The highest BCUT2D eigenvalue weighted by Crippen LogP contribution is 2.67. The standard InChI is InChI=1S/C52H39N3/c1-32-18-20-33(21-19-32)36-26-28-40-41-29-27-37(31-46(41)52(45(40)30-36)43-13-5-2-10-38(43)39-11-3-6-14-44(39)52)34-22-24-35(25-23-34)50-53-47-15-7-4-12-42(47)51-54-48-16-8-9-17-49(48)55(50)51/h2-3,5-11,13-25,27-31,36,38,43H,4,12,26H2,1H3. The number of benzene rings is 5. The molecule has 7 aromatic rings. The Morgan fingerprint density at radius 2 is 1.55 bits per heavy atom. The zero-order chi connectivity index (χ0) is 36.3. The fraction of sp³-hybridized carbons (Fsp3) is 0.154. The summed E-state index contributed by atoms with van der Waals surface area (Å²) in [6.45, 7) is 2.18. The first kappa shape index (κ1) is 31.1. The van der Waals surface area contributed by atoms with Gasteiger partial charge in [-0.05, 0) is 101 Å². The molecule has 0 fully saturated rings. The van der Waals surface area contributed by atoms with Crippen LogP contribution in [0.3, 0.4) is 0 Å². The van der Waals surface area contributed by atoms with Crippen molar-refractivity contribution in [2.45, 2.75) is 43.4 Å². The van der Waals surface area contributed by atoms with E-state index in [9.17, 15) is 0 Å². The Morgan fingerprint density at radius 3 is 2.45 bits per heavy atom. The van der Waals surface area contributed by atoms with Gasteiger partial charge in [0, 0.05) is 28.9 Å². The maximum Gasteiger partial charge on any atom is 0.146 e. The highest BCUT2D eigenvalue weighted by molar-refractivity contribution is 5.96. The van der Waals surface area contributed by atoms with Crippen molar-refractivity contribution in [1.29, 1.82) is 0 Å². The van der Waals surface area contributed by atoms with E-state index in [4.69, 9.17) is 9.97 Å². The van der Waals surface area contributed by atoms with E-state index in [-0.39, 0.29) is 5.41 Å². The third kappa shape index (κ3) is 4.32. The minimum Gasteiger partial charge on any atom is -0.276 e. The zero-order valence-electron chi connectivity index (χ0n) is 30.8. The molecule has 0 radical (unpaired) electrons. The van der Waals surface area contributed by atoms with Crippen LogP contribution in [0.25, 0.3) is 50.8 Å². The van der Waals surface area contributed by atoms with Crippen molar-refractivity contribution in [2.75, 3.05) is 0 Å². The van der Waals surface area contributed by atoms with E-state index < -0.39 is 0 Å². The number of hydrogen-bond donors (Lipinski definition) is 0. The van der Waals surface area contributed by atoms with Crippen LogP contribution in [-0.4, -0.2) is 14.4 Å². The first-order chi connectivity index (χ1) is 27.2. The molecule has 12 rings (SSSR count). The normalized spacial score (nSPS) is 22.7. The molecule has 0 saturated heterocycles. The number of para-hydroxylation sites is 2. The summed E-state index contributed by atoms with van der Waals surface area (Å²) in [7, 11) is 0. The summed E-state index contributed by atoms with van der Waals surface area (Å²) in [5, 5.41) is 0. The lowest BCUT2D eigenvalue weighted by Gasteiger charge is -2.38. The quantitative estimate of drug-likeness (QED) is 0.183. The predicted octanol–water partition coefficient (Wildman–Crippen LogP) is 12.1. The summed E-state index contributed by atoms with van der Waals surface area (Å²) < 4.78 is 2.27. The number of allylic oxidation sites excluding steroid dienone is 9. The van der Waals surface area contributed by atoms with Gasteiger partial charge in [-0.15, -0.1) is 0 Å². The molecule has 0 amide bonds. The number of nitrogens with zero attached hydrogens (tertiary/aromatic N) is 3. The maximum atomic E-state index is 5.28. The lowest BCUT2D eigenvalue weighted by molar-refractivity contribution is 0.463. The number of imidazole rings is 1. The van der Waals surface area contributed by atoms with E-state index >= 15 is 0 Å². The van der Waals surface area contributed by atoms with Crippen molar-refractivity contribution in [1.82, 2.24) is 14.4 Å². The van der Waals surface area contributed by atoms with Gasteiger partial charge in [-0.3, -0.25) is 4.40 Å². The summed E-state index contributed by atoms with van der Waals surface area (Å²) in [6, 6.07) is 43.2. The highest BCUT2D eigenvalue weighted by Gasteiger charge is 2.58. The minimum absolute atomic E-state index is 0.266. The van der Waals surface area contributed by atoms with Crippen LogP contribution >= 0.6 is 0 Å². The number of aromatic nitrogens is 3. The molecule has 0 aliphatic heterocycles. The lowest BCUT2D eigenvalue weighted by atomic mass is 9.64. The van der Waals surface area contributed by atoms with Crippen LogP contribution in [-0.2, 0) is 11.8 Å². The van der Waals surface area contributed by atoms with Gasteiger partial charge in [0.1, 0.15) is 11.5 Å². The molecule has 4 atom stereocenters. The van der Waals surface area contributed by atoms with Gasteiger partial charge in [-0.2, -0.15) is 0 Å². The number of aryl methyl sites for hydroxylation is 2. The van der Waals surface area contributed by atoms with E-state index in [1.165, 1.54) is 61.2 Å². The van der Waals surface area contributed by atoms with Crippen molar-refractivity contribution >= 4 is 28.3 Å². The van der Waals surface area contributed by atoms with Gasteiger partial charge in [-0.1, -0.05) is 145 Å². The molecule has 2 heterocycles. The monoisotopic (exact) mass is 705 g/mol. The van der Waals surface area contributed by atoms with Crippen molar-refractivity contribution < 1.29 is 0 Å². The Labute approximate surface area is 321 Å². The Balaban J connectivity index is 1.02. The summed E-state index contributed by atoms with van der Waals surface area (Å²) in [6.07, 6.45) is 22.0. The number of hydrogen-bond acceptors (Lipinski definition) is 2. The first-order valence-corrected chi connectivity index (χ1v) is 19.8. The molecule has 0 N–H and O–H groups in total. The molecular weight excluding hydrogens is 667 g/mol. The zero-order valence-corrected chi connectivity index (χ0v) is 30.8. The van der Waals surface area contributed by atoms with Crippen LogP contribution in [0.4, 0.5) is 0 Å². The van der Waals surface area contributed by atoms with Crippen molar-refractivity contribution in [3.63, 3.8) is 0 Å². The van der Waals surface area contributed by atoms with Crippen LogP contribution in [0.2, 0.25) is 0 Å². The lowest BCUT2D eigenvalue weighted by Crippen LogP contribution is -2.33. The van der Waals surface area contributed by atoms with Crippen LogP contribution in [0.1, 0.15) is 69.3 Å². The molecule has 0 bridgehead atoms. The fourth-order valence-corrected chi connectivity index (χ4v) is 10.7. The average Bonchev–Trinajstić information content (AvgIpc) is 3.88. The summed E-state index contributed by atoms with van der Waals surface area (Å²) in [5.41, 5.74) is 20.0. The highest BCUT2D eigenvalue weighted by atomic mass is 15.1. The first-order valence-electron chi connectivity index (χ1n) is 19.8. The van der Waals surface area contributed by atoms with Gasteiger partial charge in [-0.25, -0.2) is 9.97 Å². The van der Waals surface area contributed by atoms with E-state index in [0.29, 0.717) is 17.8 Å². The minimum atomic E-state index is -0.266. The third-order valence-electron chi connectivity index (χ3n) is 13.2. The molecule has 3 nitrogen and oxygen atoms in total. The van der Waals surface area contributed by atoms with E-state index in [2.05, 4.69) is 175 Å². The van der Waals surface area contributed by atoms with Gasteiger partial charge in [0.2, 0.25) is 0 Å². The molecule has 5 aliphatic carbocycles. The predicted molar refractivity (Wildman–Crippen MR) is 225 cm³/mol. The van der Waals surface area contributed by atoms with E-state index in [1.807, 2.05) is 0 Å². The second-order valence-electron chi connectivity index (χ2n) is 16.0. The molecule has 262 valence electrons. The van der Waals surface area contributed by atoms with Gasteiger partial charge in [0.25, 0.3) is 0 Å². The molecule has 2 aromatic heterocycles. The average molecular weight is 706 g/mol. The van der Waals surface area contributed by atoms with Gasteiger partial charge in [0.05, 0.1) is 22.1 Å². The second kappa shape index (κ2) is 11.6. The van der Waals surface area contributed by atoms with Crippen LogP contribution < -0.4 is 0 Å². The van der Waals surface area contributed by atoms with Crippen molar-refractivity contribution in [3.05, 3.63) is 208 Å². The number of fused-ring (bicyclic) bond motifs is 15.